The van der Waals surface area contributed by atoms with Crippen molar-refractivity contribution < 1.29 is 18.0 Å². The van der Waals surface area contributed by atoms with Crippen molar-refractivity contribution in [1.29, 1.82) is 0 Å². The molecule has 0 unspecified atom stereocenters. The van der Waals surface area contributed by atoms with Crippen molar-refractivity contribution in [3.8, 4) is 0 Å². The van der Waals surface area contributed by atoms with Crippen molar-refractivity contribution in [2.24, 2.45) is 0 Å². The fourth-order valence-corrected chi connectivity index (χ4v) is 1.51. The van der Waals surface area contributed by atoms with Crippen LogP contribution in [0.3, 0.4) is 0 Å². The van der Waals surface area contributed by atoms with E-state index in [9.17, 15) is 18.0 Å². The SMILES string of the molecule is O=C(Cc1ccc(F)c(F)c1)Nc1ccncc1F. The highest BCUT2D eigenvalue weighted by molar-refractivity contribution is 5.92. The highest BCUT2D eigenvalue weighted by Gasteiger charge is 2.09. The molecule has 1 heterocycles. The van der Waals surface area contributed by atoms with E-state index in [1.165, 1.54) is 18.3 Å². The van der Waals surface area contributed by atoms with Crippen LogP contribution in [0.4, 0.5) is 18.9 Å². The standard InChI is InChI=1S/C13H9F3N2O/c14-9-2-1-8(5-10(9)15)6-13(19)18-12-3-4-17-7-11(12)16/h1-5,7H,6H2,(H,17,18,19). The van der Waals surface area contributed by atoms with E-state index in [1.54, 1.807) is 0 Å². The van der Waals surface area contributed by atoms with Crippen molar-refractivity contribution in [1.82, 2.24) is 4.98 Å². The van der Waals surface area contributed by atoms with Crippen molar-refractivity contribution in [2.45, 2.75) is 6.42 Å². The molecular weight excluding hydrogens is 257 g/mol. The number of nitrogens with zero attached hydrogens (tertiary/aromatic N) is 1. The normalized spacial score (nSPS) is 10.3. The van der Waals surface area contributed by atoms with Gasteiger partial charge in [-0.05, 0) is 23.8 Å². The number of hydrogen-bond acceptors (Lipinski definition) is 2. The first kappa shape index (κ1) is 13.1. The molecule has 0 aliphatic rings. The van der Waals surface area contributed by atoms with Gasteiger partial charge in [0.05, 0.1) is 18.3 Å². The molecule has 3 nitrogen and oxygen atoms in total. The smallest absolute Gasteiger partial charge is 0.228 e. The lowest BCUT2D eigenvalue weighted by atomic mass is 10.1. The van der Waals surface area contributed by atoms with Crippen LogP contribution in [-0.2, 0) is 11.2 Å². The minimum atomic E-state index is -1.03. The summed E-state index contributed by atoms with van der Waals surface area (Å²) in [7, 11) is 0. The van der Waals surface area contributed by atoms with Gasteiger partial charge < -0.3 is 5.32 Å². The van der Waals surface area contributed by atoms with Gasteiger partial charge in [-0.2, -0.15) is 0 Å². The first-order chi connectivity index (χ1) is 9.06. The molecule has 2 aromatic rings. The molecule has 0 aliphatic heterocycles. The monoisotopic (exact) mass is 266 g/mol. The molecule has 6 heteroatoms. The highest BCUT2D eigenvalue weighted by Crippen LogP contribution is 2.13. The number of rotatable bonds is 3. The lowest BCUT2D eigenvalue weighted by Crippen LogP contribution is -2.15. The maximum absolute atomic E-state index is 13.2. The van der Waals surface area contributed by atoms with E-state index >= 15 is 0 Å². The minimum absolute atomic E-state index is 0.0115. The Balaban J connectivity index is 2.05. The summed E-state index contributed by atoms with van der Waals surface area (Å²) in [5.41, 5.74) is 0.286. The third-order valence-electron chi connectivity index (χ3n) is 2.40. The van der Waals surface area contributed by atoms with E-state index in [0.717, 1.165) is 18.3 Å². The Bertz CT molecular complexity index is 617. The van der Waals surface area contributed by atoms with E-state index in [4.69, 9.17) is 0 Å². The maximum atomic E-state index is 13.2. The molecule has 0 saturated heterocycles. The lowest BCUT2D eigenvalue weighted by molar-refractivity contribution is -0.115. The Morgan fingerprint density at radius 1 is 1.11 bits per heavy atom. The summed E-state index contributed by atoms with van der Waals surface area (Å²) >= 11 is 0. The van der Waals surface area contributed by atoms with Gasteiger partial charge in [0.15, 0.2) is 17.5 Å². The fraction of sp³-hybridized carbons (Fsp3) is 0.0769. The quantitative estimate of drug-likeness (QED) is 0.928. The number of nitrogens with one attached hydrogen (secondary N) is 1. The molecular formula is C13H9F3N2O. The number of carbonyl (C=O) groups is 1. The Hall–Kier alpha value is -2.37. The molecule has 0 fully saturated rings. The summed E-state index contributed by atoms with van der Waals surface area (Å²) in [6.07, 6.45) is 2.11. The van der Waals surface area contributed by atoms with E-state index in [0.29, 0.717) is 5.56 Å². The fourth-order valence-electron chi connectivity index (χ4n) is 1.51. The Morgan fingerprint density at radius 2 is 1.89 bits per heavy atom. The van der Waals surface area contributed by atoms with Crippen molar-refractivity contribution in [3.63, 3.8) is 0 Å². The molecule has 0 spiro atoms. The second-order valence-electron chi connectivity index (χ2n) is 3.83. The van der Waals surface area contributed by atoms with Gasteiger partial charge in [0.1, 0.15) is 0 Å². The molecule has 19 heavy (non-hydrogen) atoms. The summed E-state index contributed by atoms with van der Waals surface area (Å²) in [6.45, 7) is 0. The summed E-state index contributed by atoms with van der Waals surface area (Å²) in [6, 6.07) is 4.46. The van der Waals surface area contributed by atoms with Crippen LogP contribution in [0.25, 0.3) is 0 Å². The zero-order valence-electron chi connectivity index (χ0n) is 9.66. The molecule has 0 atom stereocenters. The largest absolute Gasteiger partial charge is 0.323 e. The third-order valence-corrected chi connectivity index (χ3v) is 2.40. The maximum Gasteiger partial charge on any atom is 0.228 e. The van der Waals surface area contributed by atoms with Gasteiger partial charge in [-0.25, -0.2) is 13.2 Å². The predicted octanol–water partition coefficient (Wildman–Crippen LogP) is 2.68. The second-order valence-corrected chi connectivity index (χ2v) is 3.83. The van der Waals surface area contributed by atoms with Gasteiger partial charge in [0, 0.05) is 6.20 Å². The zero-order chi connectivity index (χ0) is 13.8. The van der Waals surface area contributed by atoms with Crippen molar-refractivity contribution in [3.05, 3.63) is 59.7 Å². The van der Waals surface area contributed by atoms with Crippen LogP contribution < -0.4 is 5.32 Å². The number of benzene rings is 1. The summed E-state index contributed by atoms with van der Waals surface area (Å²) in [5.74, 6) is -3.21. The van der Waals surface area contributed by atoms with Crippen molar-refractivity contribution >= 4 is 11.6 Å². The minimum Gasteiger partial charge on any atom is -0.323 e. The molecule has 1 aromatic heterocycles. The topological polar surface area (TPSA) is 42.0 Å². The van der Waals surface area contributed by atoms with E-state index in [2.05, 4.69) is 10.3 Å². The van der Waals surface area contributed by atoms with Crippen LogP contribution in [0.5, 0.6) is 0 Å². The highest BCUT2D eigenvalue weighted by atomic mass is 19.2. The van der Waals surface area contributed by atoms with Crippen LogP contribution in [0.1, 0.15) is 5.56 Å². The van der Waals surface area contributed by atoms with Gasteiger partial charge in [-0.1, -0.05) is 6.07 Å². The molecule has 1 aromatic carbocycles. The number of pyridine rings is 1. The third kappa shape index (κ3) is 3.31. The van der Waals surface area contributed by atoms with Crippen LogP contribution in [-0.4, -0.2) is 10.9 Å². The molecule has 0 saturated carbocycles. The summed E-state index contributed by atoms with van der Waals surface area (Å²) in [5, 5.41) is 2.32. The number of anilines is 1. The van der Waals surface area contributed by atoms with Crippen LogP contribution in [0.2, 0.25) is 0 Å². The number of hydrogen-bond donors (Lipinski definition) is 1. The van der Waals surface area contributed by atoms with E-state index in [1.807, 2.05) is 0 Å². The number of halogens is 3. The van der Waals surface area contributed by atoms with Crippen LogP contribution >= 0.6 is 0 Å². The van der Waals surface area contributed by atoms with E-state index < -0.39 is 23.4 Å². The predicted molar refractivity (Wildman–Crippen MR) is 62.9 cm³/mol. The second kappa shape index (κ2) is 5.51. The molecule has 0 radical (unpaired) electrons. The van der Waals surface area contributed by atoms with E-state index in [-0.39, 0.29) is 12.1 Å². The molecule has 0 bridgehead atoms. The number of carbonyl (C=O) groups excluding carboxylic acids is 1. The molecule has 1 N–H and O–H groups in total. The zero-order valence-corrected chi connectivity index (χ0v) is 9.66. The summed E-state index contributed by atoms with van der Waals surface area (Å²) < 4.78 is 38.9. The first-order valence-corrected chi connectivity index (χ1v) is 5.39. The number of aromatic nitrogens is 1. The summed E-state index contributed by atoms with van der Waals surface area (Å²) in [4.78, 5) is 15.2. The molecule has 98 valence electrons. The molecule has 1 amide bonds. The Labute approximate surface area is 107 Å². The first-order valence-electron chi connectivity index (χ1n) is 5.39. The number of amides is 1. The Morgan fingerprint density at radius 3 is 2.58 bits per heavy atom. The Kier molecular flexibility index (Phi) is 3.79. The van der Waals surface area contributed by atoms with Crippen molar-refractivity contribution in [2.75, 3.05) is 5.32 Å². The van der Waals surface area contributed by atoms with Gasteiger partial charge >= 0.3 is 0 Å². The van der Waals surface area contributed by atoms with Crippen LogP contribution in [0, 0.1) is 17.5 Å². The lowest BCUT2D eigenvalue weighted by Gasteiger charge is -2.06. The average molecular weight is 266 g/mol. The van der Waals surface area contributed by atoms with Gasteiger partial charge in [-0.3, -0.25) is 9.78 Å². The van der Waals surface area contributed by atoms with Gasteiger partial charge in [0.2, 0.25) is 5.91 Å². The van der Waals surface area contributed by atoms with Gasteiger partial charge in [0.25, 0.3) is 0 Å². The molecule has 2 rings (SSSR count). The molecule has 0 aliphatic carbocycles. The average Bonchev–Trinajstić information content (AvgIpc) is 2.37. The van der Waals surface area contributed by atoms with Gasteiger partial charge in [-0.15, -0.1) is 0 Å². The van der Waals surface area contributed by atoms with Crippen LogP contribution in [0.15, 0.2) is 36.7 Å².